The number of nitrogens with zero attached hydrogens (tertiary/aromatic N) is 1. The van der Waals surface area contributed by atoms with E-state index in [4.69, 9.17) is 5.84 Å². The molecule has 1 unspecified atom stereocenters. The molecule has 0 amide bonds. The Balaban J connectivity index is 2.04. The van der Waals surface area contributed by atoms with Crippen LogP contribution in [-0.2, 0) is 12.8 Å². The largest absolute Gasteiger partial charge is 0.271 e. The zero-order valence-corrected chi connectivity index (χ0v) is 11.3. The van der Waals surface area contributed by atoms with Crippen LogP contribution in [0.2, 0.25) is 0 Å². The van der Waals surface area contributed by atoms with E-state index in [9.17, 15) is 8.78 Å². The third-order valence-electron chi connectivity index (χ3n) is 2.79. The van der Waals surface area contributed by atoms with Crippen LogP contribution in [0.1, 0.15) is 16.3 Å². The van der Waals surface area contributed by atoms with Gasteiger partial charge in [0.2, 0.25) is 0 Å². The van der Waals surface area contributed by atoms with Crippen molar-refractivity contribution >= 4 is 11.3 Å². The number of hydrogen-bond donors (Lipinski definition) is 2. The van der Waals surface area contributed by atoms with E-state index in [2.05, 4.69) is 10.4 Å². The van der Waals surface area contributed by atoms with Gasteiger partial charge in [-0.15, -0.1) is 11.3 Å². The molecule has 102 valence electrons. The third-order valence-corrected chi connectivity index (χ3v) is 3.78. The van der Waals surface area contributed by atoms with Crippen LogP contribution < -0.4 is 11.3 Å². The van der Waals surface area contributed by atoms with E-state index in [1.165, 1.54) is 6.07 Å². The monoisotopic (exact) mass is 283 g/mol. The molecule has 0 bridgehead atoms. The summed E-state index contributed by atoms with van der Waals surface area (Å²) < 4.78 is 26.0. The van der Waals surface area contributed by atoms with Gasteiger partial charge in [-0.25, -0.2) is 13.8 Å². The minimum absolute atomic E-state index is 0.0598. The summed E-state index contributed by atoms with van der Waals surface area (Å²) >= 11 is 1.57. The van der Waals surface area contributed by atoms with Crippen molar-refractivity contribution in [3.8, 4) is 0 Å². The molecule has 0 aliphatic carbocycles. The van der Waals surface area contributed by atoms with Crippen LogP contribution in [0.15, 0.2) is 23.6 Å². The lowest BCUT2D eigenvalue weighted by atomic mass is 10.0. The molecule has 3 N–H and O–H groups in total. The second kappa shape index (κ2) is 6.18. The van der Waals surface area contributed by atoms with Gasteiger partial charge in [0.1, 0.15) is 0 Å². The lowest BCUT2D eigenvalue weighted by Gasteiger charge is -2.14. The first kappa shape index (κ1) is 14.0. The Morgan fingerprint density at radius 2 is 2.11 bits per heavy atom. The van der Waals surface area contributed by atoms with E-state index < -0.39 is 11.6 Å². The van der Waals surface area contributed by atoms with Crippen LogP contribution in [-0.4, -0.2) is 11.0 Å². The molecule has 0 aliphatic rings. The summed E-state index contributed by atoms with van der Waals surface area (Å²) in [7, 11) is 0. The van der Waals surface area contributed by atoms with Crippen molar-refractivity contribution in [3.63, 3.8) is 0 Å². The number of nitrogens with one attached hydrogen (secondary N) is 1. The van der Waals surface area contributed by atoms with Crippen LogP contribution in [0.4, 0.5) is 8.78 Å². The zero-order valence-electron chi connectivity index (χ0n) is 10.5. The average molecular weight is 283 g/mol. The smallest absolute Gasteiger partial charge is 0.159 e. The van der Waals surface area contributed by atoms with Gasteiger partial charge in [-0.2, -0.15) is 0 Å². The van der Waals surface area contributed by atoms with Crippen molar-refractivity contribution in [1.82, 2.24) is 10.4 Å². The maximum absolute atomic E-state index is 13.1. The summed E-state index contributed by atoms with van der Waals surface area (Å²) in [5, 5.41) is 2.95. The molecular weight excluding hydrogens is 268 g/mol. The molecule has 0 aliphatic heterocycles. The highest BCUT2D eigenvalue weighted by molar-refractivity contribution is 7.09. The van der Waals surface area contributed by atoms with Gasteiger partial charge in [0, 0.05) is 23.5 Å². The highest BCUT2D eigenvalue weighted by atomic mass is 32.1. The van der Waals surface area contributed by atoms with Crippen molar-refractivity contribution in [3.05, 3.63) is 51.5 Å². The second-order valence-electron chi connectivity index (χ2n) is 4.40. The second-order valence-corrected chi connectivity index (χ2v) is 5.35. The number of thiazole rings is 1. The first-order valence-corrected chi connectivity index (χ1v) is 6.77. The minimum atomic E-state index is -0.837. The number of rotatable bonds is 5. The molecule has 3 nitrogen and oxygen atoms in total. The van der Waals surface area contributed by atoms with Crippen LogP contribution in [0.3, 0.4) is 0 Å². The summed E-state index contributed by atoms with van der Waals surface area (Å²) in [6, 6.07) is 3.84. The fraction of sp³-hybridized carbons (Fsp3) is 0.308. The average Bonchev–Trinajstić information content (AvgIpc) is 2.78. The minimum Gasteiger partial charge on any atom is -0.271 e. The van der Waals surface area contributed by atoms with E-state index in [1.807, 2.05) is 12.3 Å². The Morgan fingerprint density at radius 3 is 2.68 bits per heavy atom. The van der Waals surface area contributed by atoms with Gasteiger partial charge in [0.15, 0.2) is 11.6 Å². The first-order chi connectivity index (χ1) is 9.08. The maximum atomic E-state index is 13.1. The number of hydrazine groups is 1. The predicted molar refractivity (Wildman–Crippen MR) is 71.7 cm³/mol. The van der Waals surface area contributed by atoms with E-state index in [-0.39, 0.29) is 6.04 Å². The molecule has 1 aromatic carbocycles. The molecular formula is C13H15F2N3S. The SMILES string of the molecule is Cc1csc(CC(Cc2ccc(F)c(F)c2)NN)n1. The van der Waals surface area contributed by atoms with E-state index in [0.717, 1.165) is 16.8 Å². The highest BCUT2D eigenvalue weighted by Gasteiger charge is 2.12. The fourth-order valence-electron chi connectivity index (χ4n) is 1.85. The van der Waals surface area contributed by atoms with Crippen molar-refractivity contribution in [2.24, 2.45) is 5.84 Å². The molecule has 0 saturated heterocycles. The number of benzene rings is 1. The highest BCUT2D eigenvalue weighted by Crippen LogP contribution is 2.15. The van der Waals surface area contributed by atoms with Crippen LogP contribution >= 0.6 is 11.3 Å². The normalized spacial score (nSPS) is 12.6. The molecule has 0 fully saturated rings. The zero-order chi connectivity index (χ0) is 13.8. The Labute approximate surface area is 114 Å². The Kier molecular flexibility index (Phi) is 4.57. The van der Waals surface area contributed by atoms with Crippen molar-refractivity contribution in [1.29, 1.82) is 0 Å². The molecule has 0 spiro atoms. The number of hydrogen-bond acceptors (Lipinski definition) is 4. The molecule has 1 atom stereocenters. The number of nitrogens with two attached hydrogens (primary N) is 1. The number of aryl methyl sites for hydroxylation is 1. The van der Waals surface area contributed by atoms with E-state index in [0.29, 0.717) is 18.4 Å². The molecule has 2 aromatic rings. The Hall–Kier alpha value is -1.37. The van der Waals surface area contributed by atoms with Crippen molar-refractivity contribution < 1.29 is 8.78 Å². The molecule has 0 saturated carbocycles. The first-order valence-electron chi connectivity index (χ1n) is 5.89. The van der Waals surface area contributed by atoms with Gasteiger partial charge in [-0.3, -0.25) is 11.3 Å². The van der Waals surface area contributed by atoms with Gasteiger partial charge in [0.25, 0.3) is 0 Å². The van der Waals surface area contributed by atoms with Crippen LogP contribution in [0.5, 0.6) is 0 Å². The Morgan fingerprint density at radius 1 is 1.32 bits per heavy atom. The summed E-state index contributed by atoms with van der Waals surface area (Å²) in [5.41, 5.74) is 4.37. The summed E-state index contributed by atoms with van der Waals surface area (Å²) in [4.78, 5) is 4.36. The number of aromatic nitrogens is 1. The number of halogens is 2. The summed E-state index contributed by atoms with van der Waals surface area (Å²) in [5.74, 6) is 3.83. The summed E-state index contributed by atoms with van der Waals surface area (Å²) in [6.45, 7) is 1.93. The summed E-state index contributed by atoms with van der Waals surface area (Å²) in [6.07, 6.45) is 1.18. The van der Waals surface area contributed by atoms with E-state index >= 15 is 0 Å². The van der Waals surface area contributed by atoms with Gasteiger partial charge >= 0.3 is 0 Å². The van der Waals surface area contributed by atoms with Crippen molar-refractivity contribution in [2.75, 3.05) is 0 Å². The van der Waals surface area contributed by atoms with E-state index in [1.54, 1.807) is 17.4 Å². The van der Waals surface area contributed by atoms with Gasteiger partial charge < -0.3 is 0 Å². The third kappa shape index (κ3) is 3.79. The predicted octanol–water partition coefficient (Wildman–Crippen LogP) is 2.35. The maximum Gasteiger partial charge on any atom is 0.159 e. The molecule has 1 aromatic heterocycles. The van der Waals surface area contributed by atoms with Crippen LogP contribution in [0, 0.1) is 18.6 Å². The molecule has 19 heavy (non-hydrogen) atoms. The van der Waals surface area contributed by atoms with Gasteiger partial charge in [0.05, 0.1) is 5.01 Å². The quantitative estimate of drug-likeness (QED) is 0.654. The fourth-order valence-corrected chi connectivity index (χ4v) is 2.70. The molecule has 2 rings (SSSR count). The molecule has 0 radical (unpaired) electrons. The lowest BCUT2D eigenvalue weighted by molar-refractivity contribution is 0.498. The molecule has 1 heterocycles. The van der Waals surface area contributed by atoms with Gasteiger partial charge in [-0.1, -0.05) is 6.07 Å². The van der Waals surface area contributed by atoms with Gasteiger partial charge in [-0.05, 0) is 31.0 Å². The van der Waals surface area contributed by atoms with Crippen molar-refractivity contribution in [2.45, 2.75) is 25.8 Å². The topological polar surface area (TPSA) is 50.9 Å². The standard InChI is InChI=1S/C13H15F2N3S/c1-8-7-19-13(17-8)6-10(18-16)4-9-2-3-11(14)12(15)5-9/h2-3,5,7,10,18H,4,6,16H2,1H3. The Bertz CT molecular complexity index is 557. The van der Waals surface area contributed by atoms with Crippen LogP contribution in [0.25, 0.3) is 0 Å². The molecule has 6 heteroatoms. The lowest BCUT2D eigenvalue weighted by Crippen LogP contribution is -2.38.